The van der Waals surface area contributed by atoms with Crippen LogP contribution in [0, 0.1) is 0 Å². The first-order valence-electron chi connectivity index (χ1n) is 7.49. The maximum Gasteiger partial charge on any atom is 0.0762 e. The average molecular weight is 297 g/mol. The van der Waals surface area contributed by atoms with Crippen LogP contribution in [0.2, 0.25) is 5.02 Å². The van der Waals surface area contributed by atoms with Crippen molar-refractivity contribution in [2.24, 2.45) is 0 Å². The van der Waals surface area contributed by atoms with Crippen LogP contribution in [-0.2, 0) is 0 Å². The average Bonchev–Trinajstić information content (AvgIpc) is 2.46. The zero-order valence-corrected chi connectivity index (χ0v) is 13.4. The molecule has 0 spiro atoms. The van der Waals surface area contributed by atoms with E-state index < -0.39 is 6.10 Å². The van der Waals surface area contributed by atoms with E-state index in [0.717, 1.165) is 42.5 Å². The lowest BCUT2D eigenvalue weighted by Gasteiger charge is -2.39. The van der Waals surface area contributed by atoms with Crippen LogP contribution in [0.3, 0.4) is 0 Å². The quantitative estimate of drug-likeness (QED) is 0.923. The van der Waals surface area contributed by atoms with E-state index >= 15 is 0 Å². The molecule has 1 aliphatic heterocycles. The summed E-state index contributed by atoms with van der Waals surface area (Å²) in [6.45, 7) is 10.5. The van der Waals surface area contributed by atoms with Crippen molar-refractivity contribution in [3.63, 3.8) is 0 Å². The summed E-state index contributed by atoms with van der Waals surface area (Å²) in [7, 11) is 0. The van der Waals surface area contributed by atoms with Gasteiger partial charge in [0.1, 0.15) is 0 Å². The monoisotopic (exact) mass is 296 g/mol. The van der Waals surface area contributed by atoms with Crippen molar-refractivity contribution < 1.29 is 5.11 Å². The molecule has 1 aromatic carbocycles. The van der Waals surface area contributed by atoms with Crippen molar-refractivity contribution in [2.45, 2.75) is 39.3 Å². The molecule has 1 fully saturated rings. The lowest BCUT2D eigenvalue weighted by atomic mass is 10.1. The number of piperazine rings is 1. The number of aliphatic hydroxyl groups is 1. The molecule has 0 amide bonds. The minimum absolute atomic E-state index is 0.469. The number of aliphatic hydroxyl groups excluding tert-OH is 1. The molecule has 112 valence electrons. The van der Waals surface area contributed by atoms with Gasteiger partial charge in [0.05, 0.1) is 16.8 Å². The highest BCUT2D eigenvalue weighted by atomic mass is 35.5. The van der Waals surface area contributed by atoms with Crippen molar-refractivity contribution >= 4 is 17.3 Å². The Hall–Kier alpha value is -0.770. The molecule has 1 N–H and O–H groups in total. The second-order valence-electron chi connectivity index (χ2n) is 5.67. The van der Waals surface area contributed by atoms with Crippen molar-refractivity contribution in [1.82, 2.24) is 4.90 Å². The van der Waals surface area contributed by atoms with Gasteiger partial charge in [0.15, 0.2) is 0 Å². The highest BCUT2D eigenvalue weighted by molar-refractivity contribution is 6.33. The third-order valence-corrected chi connectivity index (χ3v) is 4.63. The second kappa shape index (κ2) is 6.79. The summed E-state index contributed by atoms with van der Waals surface area (Å²) in [4.78, 5) is 4.88. The molecule has 0 saturated carbocycles. The van der Waals surface area contributed by atoms with Gasteiger partial charge >= 0.3 is 0 Å². The molecule has 2 atom stereocenters. The van der Waals surface area contributed by atoms with Crippen molar-refractivity contribution in [2.75, 3.05) is 31.1 Å². The third-order valence-electron chi connectivity index (χ3n) is 4.32. The molecule has 0 bridgehead atoms. The predicted octanol–water partition coefficient (Wildman–Crippen LogP) is 3.31. The molecule has 3 nitrogen and oxygen atoms in total. The normalized spacial score (nSPS) is 19.9. The lowest BCUT2D eigenvalue weighted by molar-refractivity contribution is 0.192. The van der Waals surface area contributed by atoms with E-state index in [1.165, 1.54) is 6.42 Å². The first kappa shape index (κ1) is 15.6. The Morgan fingerprint density at radius 3 is 2.35 bits per heavy atom. The highest BCUT2D eigenvalue weighted by Crippen LogP contribution is 2.30. The Kier molecular flexibility index (Phi) is 5.30. The van der Waals surface area contributed by atoms with Crippen molar-refractivity contribution in [1.29, 1.82) is 0 Å². The van der Waals surface area contributed by atoms with Crippen LogP contribution < -0.4 is 4.90 Å². The zero-order valence-electron chi connectivity index (χ0n) is 12.6. The SMILES string of the molecule is CCC(C)N1CCN(c2ccc([C@@H](C)O)cc2Cl)CC1. The molecule has 1 heterocycles. The first-order valence-corrected chi connectivity index (χ1v) is 7.87. The summed E-state index contributed by atoms with van der Waals surface area (Å²) >= 11 is 6.37. The molecule has 1 saturated heterocycles. The largest absolute Gasteiger partial charge is 0.389 e. The van der Waals surface area contributed by atoms with E-state index in [4.69, 9.17) is 11.6 Å². The summed E-state index contributed by atoms with van der Waals surface area (Å²) in [5.41, 5.74) is 1.96. The molecule has 0 aliphatic carbocycles. The molecule has 1 aliphatic rings. The number of anilines is 1. The van der Waals surface area contributed by atoms with Gasteiger partial charge in [-0.25, -0.2) is 0 Å². The van der Waals surface area contributed by atoms with Gasteiger partial charge in [-0.2, -0.15) is 0 Å². The maximum absolute atomic E-state index is 9.59. The van der Waals surface area contributed by atoms with E-state index in [1.54, 1.807) is 6.92 Å². The number of benzene rings is 1. The Labute approximate surface area is 127 Å². The fourth-order valence-corrected chi connectivity index (χ4v) is 3.01. The minimum atomic E-state index is -0.469. The summed E-state index contributed by atoms with van der Waals surface area (Å²) in [5.74, 6) is 0. The van der Waals surface area contributed by atoms with Crippen LogP contribution in [0.4, 0.5) is 5.69 Å². The van der Waals surface area contributed by atoms with E-state index in [1.807, 2.05) is 18.2 Å². The van der Waals surface area contributed by atoms with Gasteiger partial charge in [-0.1, -0.05) is 24.6 Å². The van der Waals surface area contributed by atoms with Crippen LogP contribution in [0.25, 0.3) is 0 Å². The van der Waals surface area contributed by atoms with E-state index in [0.29, 0.717) is 6.04 Å². The molecular weight excluding hydrogens is 272 g/mol. The van der Waals surface area contributed by atoms with E-state index in [9.17, 15) is 5.11 Å². The van der Waals surface area contributed by atoms with Gasteiger partial charge in [0.25, 0.3) is 0 Å². The van der Waals surface area contributed by atoms with Gasteiger partial charge in [-0.15, -0.1) is 0 Å². The Morgan fingerprint density at radius 2 is 1.85 bits per heavy atom. The summed E-state index contributed by atoms with van der Waals surface area (Å²) in [6, 6.07) is 6.53. The smallest absolute Gasteiger partial charge is 0.0762 e. The second-order valence-corrected chi connectivity index (χ2v) is 6.07. The van der Waals surface area contributed by atoms with Gasteiger partial charge in [0.2, 0.25) is 0 Å². The molecule has 2 rings (SSSR count). The lowest BCUT2D eigenvalue weighted by Crippen LogP contribution is -2.49. The molecule has 0 aromatic heterocycles. The van der Waals surface area contributed by atoms with Crippen LogP contribution in [-0.4, -0.2) is 42.2 Å². The predicted molar refractivity (Wildman–Crippen MR) is 85.6 cm³/mol. The molecule has 20 heavy (non-hydrogen) atoms. The fourth-order valence-electron chi connectivity index (χ4n) is 2.70. The summed E-state index contributed by atoms with van der Waals surface area (Å²) < 4.78 is 0. The minimum Gasteiger partial charge on any atom is -0.389 e. The number of rotatable bonds is 4. The Bertz CT molecular complexity index is 442. The highest BCUT2D eigenvalue weighted by Gasteiger charge is 2.21. The number of nitrogens with zero attached hydrogens (tertiary/aromatic N) is 2. The summed E-state index contributed by atoms with van der Waals surface area (Å²) in [5, 5.41) is 10.3. The van der Waals surface area contributed by atoms with E-state index in [2.05, 4.69) is 23.6 Å². The Balaban J connectivity index is 2.04. The van der Waals surface area contributed by atoms with Crippen LogP contribution in [0.15, 0.2) is 18.2 Å². The molecule has 1 aromatic rings. The van der Waals surface area contributed by atoms with Crippen LogP contribution in [0.1, 0.15) is 38.9 Å². The molecular formula is C16H25ClN2O. The van der Waals surface area contributed by atoms with Gasteiger partial charge in [-0.05, 0) is 38.0 Å². The number of hydrogen-bond acceptors (Lipinski definition) is 3. The number of halogens is 1. The fraction of sp³-hybridized carbons (Fsp3) is 0.625. The van der Waals surface area contributed by atoms with Crippen molar-refractivity contribution in [3.05, 3.63) is 28.8 Å². The van der Waals surface area contributed by atoms with Gasteiger partial charge < -0.3 is 10.0 Å². The van der Waals surface area contributed by atoms with Crippen LogP contribution in [0.5, 0.6) is 0 Å². The molecule has 4 heteroatoms. The van der Waals surface area contributed by atoms with E-state index in [-0.39, 0.29) is 0 Å². The van der Waals surface area contributed by atoms with Crippen molar-refractivity contribution in [3.8, 4) is 0 Å². The number of hydrogen-bond donors (Lipinski definition) is 1. The standard InChI is InChI=1S/C16H25ClN2O/c1-4-12(2)18-7-9-19(10-8-18)16-6-5-14(13(3)20)11-15(16)17/h5-6,11-13,20H,4,7-10H2,1-3H3/t12?,13-/m1/s1. The van der Waals surface area contributed by atoms with Gasteiger partial charge in [0, 0.05) is 32.2 Å². The Morgan fingerprint density at radius 1 is 1.20 bits per heavy atom. The third kappa shape index (κ3) is 3.46. The summed E-state index contributed by atoms with van der Waals surface area (Å²) in [6.07, 6.45) is 0.730. The topological polar surface area (TPSA) is 26.7 Å². The van der Waals surface area contributed by atoms with Gasteiger partial charge in [-0.3, -0.25) is 4.90 Å². The maximum atomic E-state index is 9.59. The first-order chi connectivity index (χ1) is 9.52. The molecule has 1 unspecified atom stereocenters. The zero-order chi connectivity index (χ0) is 14.7. The molecule has 0 radical (unpaired) electrons. The van der Waals surface area contributed by atoms with Crippen LogP contribution >= 0.6 is 11.6 Å².